The smallest absolute Gasteiger partial charge is 0.330 e. The van der Waals surface area contributed by atoms with Crippen molar-refractivity contribution >= 4 is 23.4 Å². The number of benzene rings is 1. The molecule has 0 aliphatic carbocycles. The molecule has 1 amide bonds. The van der Waals surface area contributed by atoms with Crippen LogP contribution in [0.3, 0.4) is 0 Å². The molecule has 2 N–H and O–H groups in total. The molecule has 33 heavy (non-hydrogen) atoms. The van der Waals surface area contributed by atoms with Crippen molar-refractivity contribution < 1.29 is 19.1 Å². The van der Waals surface area contributed by atoms with Gasteiger partial charge in [0, 0.05) is 30.1 Å². The Morgan fingerprint density at radius 2 is 1.85 bits per heavy atom. The maximum atomic E-state index is 13.3. The highest BCUT2D eigenvalue weighted by Gasteiger charge is 2.30. The Hall–Kier alpha value is -3.61. The van der Waals surface area contributed by atoms with Crippen molar-refractivity contribution in [3.8, 4) is 0 Å². The normalized spacial score (nSPS) is 12.8. The molecular formula is C26H31N3O4. The lowest BCUT2D eigenvalue weighted by Gasteiger charge is -2.22. The van der Waals surface area contributed by atoms with Gasteiger partial charge < -0.3 is 15.5 Å². The molecule has 1 heterocycles. The predicted molar refractivity (Wildman–Crippen MR) is 127 cm³/mol. The standard InChI is InChI=1S/C26H31N3O4/c1-4-33-23(30)13-12-21(15-18(2)3)29-26(32)22(16-19-9-6-5-7-10-19)24(27)25(31)20-11-8-14-28-17-20/h5-14,17-18,21-22,27H,4,15-16H2,1-3H3,(H,29,32)/b13-12+,27-24?. The van der Waals surface area contributed by atoms with Crippen LogP contribution >= 0.6 is 0 Å². The van der Waals surface area contributed by atoms with Gasteiger partial charge in [-0.3, -0.25) is 14.6 Å². The number of nitrogens with zero attached hydrogens (tertiary/aromatic N) is 1. The summed E-state index contributed by atoms with van der Waals surface area (Å²) in [6.07, 6.45) is 6.62. The molecule has 0 fully saturated rings. The number of pyridine rings is 1. The van der Waals surface area contributed by atoms with Crippen molar-refractivity contribution in [2.45, 2.75) is 39.7 Å². The van der Waals surface area contributed by atoms with Gasteiger partial charge in [0.2, 0.25) is 11.7 Å². The van der Waals surface area contributed by atoms with Crippen molar-refractivity contribution in [1.29, 1.82) is 5.41 Å². The van der Waals surface area contributed by atoms with E-state index in [1.165, 1.54) is 12.3 Å². The summed E-state index contributed by atoms with van der Waals surface area (Å²) in [6.45, 7) is 5.99. The molecule has 7 nitrogen and oxygen atoms in total. The van der Waals surface area contributed by atoms with Crippen molar-refractivity contribution in [1.82, 2.24) is 10.3 Å². The lowest BCUT2D eigenvalue weighted by Crippen LogP contribution is -2.44. The maximum absolute atomic E-state index is 13.3. The fourth-order valence-electron chi connectivity index (χ4n) is 3.35. The topological polar surface area (TPSA) is 109 Å². The highest BCUT2D eigenvalue weighted by Crippen LogP contribution is 2.16. The molecule has 1 aromatic heterocycles. The Bertz CT molecular complexity index is 972. The lowest BCUT2D eigenvalue weighted by molar-refractivity contribution is -0.137. The Labute approximate surface area is 194 Å². The van der Waals surface area contributed by atoms with Gasteiger partial charge >= 0.3 is 5.97 Å². The Morgan fingerprint density at radius 3 is 2.45 bits per heavy atom. The zero-order valence-electron chi connectivity index (χ0n) is 19.3. The fourth-order valence-corrected chi connectivity index (χ4v) is 3.35. The van der Waals surface area contributed by atoms with E-state index in [1.54, 1.807) is 31.3 Å². The van der Waals surface area contributed by atoms with Crippen LogP contribution in [-0.2, 0) is 20.7 Å². The number of aromatic nitrogens is 1. The number of ether oxygens (including phenoxy) is 1. The van der Waals surface area contributed by atoms with Crippen LogP contribution in [0, 0.1) is 17.2 Å². The SMILES string of the molecule is CCOC(=O)/C=C/C(CC(C)C)NC(=O)C(Cc1ccccc1)C(=N)C(=O)c1cccnc1. The predicted octanol–water partition coefficient (Wildman–Crippen LogP) is 3.79. The first-order valence-corrected chi connectivity index (χ1v) is 11.0. The van der Waals surface area contributed by atoms with Crippen LogP contribution in [0.1, 0.15) is 43.1 Å². The second-order valence-electron chi connectivity index (χ2n) is 8.08. The van der Waals surface area contributed by atoms with Crippen LogP contribution in [0.2, 0.25) is 0 Å². The lowest BCUT2D eigenvalue weighted by atomic mass is 9.89. The number of nitrogens with one attached hydrogen (secondary N) is 2. The molecule has 0 saturated carbocycles. The minimum absolute atomic E-state index is 0.202. The highest BCUT2D eigenvalue weighted by atomic mass is 16.5. The zero-order valence-corrected chi connectivity index (χ0v) is 19.3. The first-order valence-electron chi connectivity index (χ1n) is 11.0. The molecular weight excluding hydrogens is 418 g/mol. The monoisotopic (exact) mass is 449 g/mol. The number of carbonyl (C=O) groups excluding carboxylic acids is 3. The van der Waals surface area contributed by atoms with Gasteiger partial charge in [0.25, 0.3) is 0 Å². The van der Waals surface area contributed by atoms with E-state index in [9.17, 15) is 14.4 Å². The average Bonchev–Trinajstić information content (AvgIpc) is 2.81. The first kappa shape index (κ1) is 25.6. The van der Waals surface area contributed by atoms with Gasteiger partial charge in [0.05, 0.1) is 18.2 Å². The van der Waals surface area contributed by atoms with Crippen LogP contribution in [0.5, 0.6) is 0 Å². The van der Waals surface area contributed by atoms with Gasteiger partial charge in [-0.05, 0) is 43.4 Å². The molecule has 0 saturated heterocycles. The van der Waals surface area contributed by atoms with E-state index < -0.39 is 29.6 Å². The number of Topliss-reactive ketones (excluding diaryl/α,β-unsaturated/α-hetero) is 1. The summed E-state index contributed by atoms with van der Waals surface area (Å²) < 4.78 is 4.92. The third-order valence-electron chi connectivity index (χ3n) is 4.92. The summed E-state index contributed by atoms with van der Waals surface area (Å²) in [5.74, 6) is -2.22. The number of hydrogen-bond acceptors (Lipinski definition) is 6. The molecule has 0 bridgehead atoms. The fraction of sp³-hybridized carbons (Fsp3) is 0.346. The Morgan fingerprint density at radius 1 is 1.12 bits per heavy atom. The largest absolute Gasteiger partial charge is 0.463 e. The van der Waals surface area contributed by atoms with Crippen LogP contribution in [0.15, 0.2) is 67.0 Å². The van der Waals surface area contributed by atoms with E-state index in [0.29, 0.717) is 6.42 Å². The molecule has 0 spiro atoms. The highest BCUT2D eigenvalue weighted by molar-refractivity contribution is 6.48. The van der Waals surface area contributed by atoms with Gasteiger partial charge in [-0.2, -0.15) is 0 Å². The van der Waals surface area contributed by atoms with E-state index >= 15 is 0 Å². The number of rotatable bonds is 12. The summed E-state index contributed by atoms with van der Waals surface area (Å²) >= 11 is 0. The second-order valence-corrected chi connectivity index (χ2v) is 8.08. The first-order chi connectivity index (χ1) is 15.8. The minimum atomic E-state index is -0.995. The third-order valence-corrected chi connectivity index (χ3v) is 4.92. The second kappa shape index (κ2) is 13.1. The van der Waals surface area contributed by atoms with Gasteiger partial charge in [-0.25, -0.2) is 4.79 Å². The van der Waals surface area contributed by atoms with Gasteiger partial charge in [-0.15, -0.1) is 0 Å². The van der Waals surface area contributed by atoms with Crippen LogP contribution in [0.25, 0.3) is 0 Å². The molecule has 2 rings (SSSR count). The quantitative estimate of drug-likeness (QED) is 0.222. The van der Waals surface area contributed by atoms with Crippen molar-refractivity contribution in [2.75, 3.05) is 6.61 Å². The third kappa shape index (κ3) is 8.44. The number of hydrogen-bond donors (Lipinski definition) is 2. The van der Waals surface area contributed by atoms with Crippen molar-refractivity contribution in [3.63, 3.8) is 0 Å². The summed E-state index contributed by atoms with van der Waals surface area (Å²) in [7, 11) is 0. The van der Waals surface area contributed by atoms with E-state index in [-0.39, 0.29) is 30.2 Å². The summed E-state index contributed by atoms with van der Waals surface area (Å²) in [6, 6.07) is 12.0. The van der Waals surface area contributed by atoms with E-state index in [4.69, 9.17) is 10.1 Å². The molecule has 2 unspecified atom stereocenters. The molecule has 2 atom stereocenters. The molecule has 2 aromatic rings. The van der Waals surface area contributed by atoms with Gasteiger partial charge in [-0.1, -0.05) is 50.3 Å². The summed E-state index contributed by atoms with van der Waals surface area (Å²) in [5.41, 5.74) is 0.792. The average molecular weight is 450 g/mol. The number of amides is 1. The Kier molecular flexibility index (Phi) is 10.1. The van der Waals surface area contributed by atoms with E-state index in [0.717, 1.165) is 5.56 Å². The van der Waals surface area contributed by atoms with E-state index in [1.807, 2.05) is 44.2 Å². The van der Waals surface area contributed by atoms with Gasteiger partial charge in [0.15, 0.2) is 0 Å². The maximum Gasteiger partial charge on any atom is 0.330 e. The zero-order chi connectivity index (χ0) is 24.2. The number of carbonyl (C=O) groups is 3. The summed E-state index contributed by atoms with van der Waals surface area (Å²) in [4.78, 5) is 41.9. The number of esters is 1. The number of ketones is 1. The molecule has 174 valence electrons. The summed E-state index contributed by atoms with van der Waals surface area (Å²) in [5, 5.41) is 11.5. The minimum Gasteiger partial charge on any atom is -0.463 e. The molecule has 1 aromatic carbocycles. The van der Waals surface area contributed by atoms with Crippen LogP contribution in [0.4, 0.5) is 0 Å². The van der Waals surface area contributed by atoms with Crippen molar-refractivity contribution in [2.24, 2.45) is 11.8 Å². The van der Waals surface area contributed by atoms with E-state index in [2.05, 4.69) is 10.3 Å². The molecule has 0 aliphatic heterocycles. The Balaban J connectivity index is 2.27. The van der Waals surface area contributed by atoms with Crippen LogP contribution < -0.4 is 5.32 Å². The molecule has 0 radical (unpaired) electrons. The molecule has 7 heteroatoms. The van der Waals surface area contributed by atoms with Crippen molar-refractivity contribution in [3.05, 3.63) is 78.1 Å². The van der Waals surface area contributed by atoms with Gasteiger partial charge in [0.1, 0.15) is 0 Å². The molecule has 0 aliphatic rings. The van der Waals surface area contributed by atoms with Crippen LogP contribution in [-0.4, -0.2) is 41.0 Å².